The van der Waals surface area contributed by atoms with Crippen molar-refractivity contribution in [3.63, 3.8) is 0 Å². The van der Waals surface area contributed by atoms with E-state index in [1.807, 2.05) is 11.7 Å². The standard InChI is InChI=1S/C18H27N3/c1-3-13-8-10-14(11-9-13)16(19)12-17-15-6-4-5-7-18(15)21(2)20-17/h4-7,13-14,16H,3,8-12,19H2,1-2H3. The molecule has 0 bridgehead atoms. The summed E-state index contributed by atoms with van der Waals surface area (Å²) in [7, 11) is 2.02. The van der Waals surface area contributed by atoms with Crippen LogP contribution in [0.5, 0.6) is 0 Å². The first-order valence-corrected chi connectivity index (χ1v) is 8.35. The Morgan fingerprint density at radius 3 is 2.67 bits per heavy atom. The molecule has 1 aromatic heterocycles. The lowest BCUT2D eigenvalue weighted by molar-refractivity contribution is 0.237. The summed E-state index contributed by atoms with van der Waals surface area (Å²) in [6, 6.07) is 8.70. The van der Waals surface area contributed by atoms with E-state index in [-0.39, 0.29) is 6.04 Å². The fourth-order valence-corrected chi connectivity index (χ4v) is 3.85. The predicted molar refractivity (Wildman–Crippen MR) is 88.1 cm³/mol. The molecule has 1 atom stereocenters. The van der Waals surface area contributed by atoms with Gasteiger partial charge in [0.25, 0.3) is 0 Å². The van der Waals surface area contributed by atoms with Gasteiger partial charge in [-0.05, 0) is 30.7 Å². The zero-order valence-electron chi connectivity index (χ0n) is 13.3. The summed E-state index contributed by atoms with van der Waals surface area (Å²) in [5, 5.41) is 5.95. The third-order valence-corrected chi connectivity index (χ3v) is 5.34. The van der Waals surface area contributed by atoms with Crippen LogP contribution in [-0.2, 0) is 13.5 Å². The first kappa shape index (κ1) is 14.6. The van der Waals surface area contributed by atoms with Crippen molar-refractivity contribution in [2.75, 3.05) is 0 Å². The van der Waals surface area contributed by atoms with Crippen molar-refractivity contribution >= 4 is 10.9 Å². The quantitative estimate of drug-likeness (QED) is 0.931. The number of para-hydroxylation sites is 1. The fourth-order valence-electron chi connectivity index (χ4n) is 3.85. The second kappa shape index (κ2) is 6.18. The molecule has 3 rings (SSSR count). The van der Waals surface area contributed by atoms with E-state index in [2.05, 4.69) is 31.2 Å². The Kier molecular flexibility index (Phi) is 4.29. The zero-order valence-corrected chi connectivity index (χ0v) is 13.3. The molecular formula is C18H27N3. The van der Waals surface area contributed by atoms with Crippen LogP contribution >= 0.6 is 0 Å². The maximum absolute atomic E-state index is 6.52. The average Bonchev–Trinajstić information content (AvgIpc) is 2.84. The van der Waals surface area contributed by atoms with Crippen molar-refractivity contribution in [1.29, 1.82) is 0 Å². The minimum absolute atomic E-state index is 0.251. The molecule has 0 amide bonds. The van der Waals surface area contributed by atoms with Crippen LogP contribution in [0.4, 0.5) is 0 Å². The lowest BCUT2D eigenvalue weighted by Gasteiger charge is -2.31. The molecule has 1 heterocycles. The molecule has 21 heavy (non-hydrogen) atoms. The predicted octanol–water partition coefficient (Wildman–Crippen LogP) is 3.66. The first-order valence-electron chi connectivity index (χ1n) is 8.35. The smallest absolute Gasteiger partial charge is 0.0718 e. The molecule has 0 saturated heterocycles. The molecule has 1 aliphatic carbocycles. The van der Waals surface area contributed by atoms with Crippen LogP contribution < -0.4 is 5.73 Å². The summed E-state index contributed by atoms with van der Waals surface area (Å²) in [5.41, 5.74) is 8.89. The maximum Gasteiger partial charge on any atom is 0.0718 e. The van der Waals surface area contributed by atoms with Crippen LogP contribution in [0, 0.1) is 11.8 Å². The second-order valence-electron chi connectivity index (χ2n) is 6.64. The molecule has 1 aliphatic rings. The van der Waals surface area contributed by atoms with Crippen molar-refractivity contribution < 1.29 is 0 Å². The van der Waals surface area contributed by atoms with Crippen LogP contribution in [0.3, 0.4) is 0 Å². The van der Waals surface area contributed by atoms with E-state index in [4.69, 9.17) is 10.8 Å². The summed E-state index contributed by atoms with van der Waals surface area (Å²) in [5.74, 6) is 1.61. The van der Waals surface area contributed by atoms with E-state index >= 15 is 0 Å². The number of benzene rings is 1. The highest BCUT2D eigenvalue weighted by atomic mass is 15.3. The summed E-state index contributed by atoms with van der Waals surface area (Å²) in [4.78, 5) is 0. The molecule has 1 fully saturated rings. The number of hydrogen-bond acceptors (Lipinski definition) is 2. The van der Waals surface area contributed by atoms with Crippen LogP contribution in [0.25, 0.3) is 10.9 Å². The molecular weight excluding hydrogens is 258 g/mol. The van der Waals surface area contributed by atoms with Crippen LogP contribution in [0.2, 0.25) is 0 Å². The van der Waals surface area contributed by atoms with Gasteiger partial charge in [0.15, 0.2) is 0 Å². The van der Waals surface area contributed by atoms with Crippen LogP contribution in [0.15, 0.2) is 24.3 Å². The molecule has 3 heteroatoms. The number of fused-ring (bicyclic) bond motifs is 1. The number of aromatic nitrogens is 2. The van der Waals surface area contributed by atoms with E-state index in [1.165, 1.54) is 48.7 Å². The summed E-state index contributed by atoms with van der Waals surface area (Å²) in [6.45, 7) is 2.31. The Bertz CT molecular complexity index is 594. The van der Waals surface area contributed by atoms with Crippen molar-refractivity contribution in [3.8, 4) is 0 Å². The summed E-state index contributed by atoms with van der Waals surface area (Å²) < 4.78 is 1.98. The van der Waals surface area contributed by atoms with Gasteiger partial charge in [0, 0.05) is 24.9 Å². The molecule has 3 nitrogen and oxygen atoms in total. The highest BCUT2D eigenvalue weighted by molar-refractivity contribution is 5.81. The molecule has 1 unspecified atom stereocenters. The maximum atomic E-state index is 6.52. The summed E-state index contributed by atoms with van der Waals surface area (Å²) in [6.07, 6.45) is 7.54. The highest BCUT2D eigenvalue weighted by Gasteiger charge is 2.26. The van der Waals surface area contributed by atoms with Gasteiger partial charge in [-0.1, -0.05) is 44.4 Å². The highest BCUT2D eigenvalue weighted by Crippen LogP contribution is 2.33. The van der Waals surface area contributed by atoms with Gasteiger partial charge in [0.05, 0.1) is 11.2 Å². The van der Waals surface area contributed by atoms with E-state index in [0.717, 1.165) is 12.3 Å². The third-order valence-electron chi connectivity index (χ3n) is 5.34. The number of rotatable bonds is 4. The van der Waals surface area contributed by atoms with Crippen molar-refractivity contribution in [2.24, 2.45) is 24.6 Å². The molecule has 1 aromatic carbocycles. The number of nitrogens with zero attached hydrogens (tertiary/aromatic N) is 2. The molecule has 114 valence electrons. The summed E-state index contributed by atoms with van der Waals surface area (Å²) >= 11 is 0. The number of hydrogen-bond donors (Lipinski definition) is 1. The van der Waals surface area contributed by atoms with Gasteiger partial charge in [-0.25, -0.2) is 0 Å². The van der Waals surface area contributed by atoms with Gasteiger partial charge in [-0.3, -0.25) is 4.68 Å². The van der Waals surface area contributed by atoms with Crippen LogP contribution in [0.1, 0.15) is 44.7 Å². The zero-order chi connectivity index (χ0) is 14.8. The van der Waals surface area contributed by atoms with Gasteiger partial charge < -0.3 is 5.73 Å². The lowest BCUT2D eigenvalue weighted by Crippen LogP contribution is -2.35. The SMILES string of the molecule is CCC1CCC(C(N)Cc2nn(C)c3ccccc23)CC1. The topological polar surface area (TPSA) is 43.8 Å². The van der Waals surface area contributed by atoms with Crippen molar-refractivity contribution in [3.05, 3.63) is 30.0 Å². The monoisotopic (exact) mass is 285 g/mol. The minimum atomic E-state index is 0.251. The molecule has 2 aromatic rings. The lowest BCUT2D eigenvalue weighted by atomic mass is 9.77. The van der Waals surface area contributed by atoms with Crippen molar-refractivity contribution in [2.45, 2.75) is 51.5 Å². The Balaban J connectivity index is 1.70. The Hall–Kier alpha value is -1.35. The third kappa shape index (κ3) is 2.98. The normalized spacial score (nSPS) is 24.3. The first-order chi connectivity index (χ1) is 10.2. The van der Waals surface area contributed by atoms with E-state index in [0.29, 0.717) is 5.92 Å². The Morgan fingerprint density at radius 2 is 1.95 bits per heavy atom. The Labute approximate surface area is 127 Å². The van der Waals surface area contributed by atoms with Gasteiger partial charge in [0.1, 0.15) is 0 Å². The molecule has 1 saturated carbocycles. The van der Waals surface area contributed by atoms with E-state index in [1.54, 1.807) is 0 Å². The molecule has 2 N–H and O–H groups in total. The van der Waals surface area contributed by atoms with Gasteiger partial charge in [-0.2, -0.15) is 5.10 Å². The average molecular weight is 285 g/mol. The minimum Gasteiger partial charge on any atom is -0.327 e. The van der Waals surface area contributed by atoms with Crippen LogP contribution in [-0.4, -0.2) is 15.8 Å². The van der Waals surface area contributed by atoms with E-state index in [9.17, 15) is 0 Å². The molecule has 0 spiro atoms. The molecule has 0 radical (unpaired) electrons. The van der Waals surface area contributed by atoms with Gasteiger partial charge in [0.2, 0.25) is 0 Å². The Morgan fingerprint density at radius 1 is 1.24 bits per heavy atom. The van der Waals surface area contributed by atoms with E-state index < -0.39 is 0 Å². The van der Waals surface area contributed by atoms with Gasteiger partial charge >= 0.3 is 0 Å². The number of nitrogens with two attached hydrogens (primary N) is 1. The fraction of sp³-hybridized carbons (Fsp3) is 0.611. The van der Waals surface area contributed by atoms with Gasteiger partial charge in [-0.15, -0.1) is 0 Å². The molecule has 0 aliphatic heterocycles. The number of aryl methyl sites for hydroxylation is 1. The van der Waals surface area contributed by atoms with Crippen molar-refractivity contribution in [1.82, 2.24) is 9.78 Å². The second-order valence-corrected chi connectivity index (χ2v) is 6.64. The largest absolute Gasteiger partial charge is 0.327 e.